The molecule has 0 aliphatic carbocycles. The molecule has 1 aliphatic heterocycles. The minimum atomic E-state index is -0.247. The summed E-state index contributed by atoms with van der Waals surface area (Å²) in [5.41, 5.74) is 2.50. The molecule has 1 saturated heterocycles. The smallest absolute Gasteiger partial charge is 0.255 e. The van der Waals surface area contributed by atoms with Gasteiger partial charge in [-0.2, -0.15) is 0 Å². The van der Waals surface area contributed by atoms with E-state index in [9.17, 15) is 9.18 Å². The quantitative estimate of drug-likeness (QED) is 0.468. The highest BCUT2D eigenvalue weighted by atomic mass is 32.1. The summed E-state index contributed by atoms with van der Waals surface area (Å²) >= 11 is 1.56. The van der Waals surface area contributed by atoms with Gasteiger partial charge in [0.1, 0.15) is 23.0 Å². The Morgan fingerprint density at radius 3 is 2.56 bits per heavy atom. The topological polar surface area (TPSA) is 67.2 Å². The summed E-state index contributed by atoms with van der Waals surface area (Å²) in [6.07, 6.45) is 6.80. The zero-order valence-electron chi connectivity index (χ0n) is 17.3. The van der Waals surface area contributed by atoms with Gasteiger partial charge in [0.2, 0.25) is 0 Å². The summed E-state index contributed by atoms with van der Waals surface area (Å²) in [6, 6.07) is 10.0. The maximum absolute atomic E-state index is 13.1. The van der Waals surface area contributed by atoms with Crippen molar-refractivity contribution in [3.05, 3.63) is 83.8 Å². The Labute approximate surface area is 188 Å². The van der Waals surface area contributed by atoms with Gasteiger partial charge < -0.3 is 4.90 Å². The number of carbonyl (C=O) groups excluding carboxylic acids is 1. The minimum Gasteiger partial charge on any atom is -0.336 e. The van der Waals surface area contributed by atoms with Gasteiger partial charge in [-0.15, -0.1) is 11.3 Å². The summed E-state index contributed by atoms with van der Waals surface area (Å²) < 4.78 is 14.9. The van der Waals surface area contributed by atoms with Crippen molar-refractivity contribution in [1.82, 2.24) is 29.3 Å². The third-order valence-electron chi connectivity index (χ3n) is 5.45. The SMILES string of the molecule is O=C(c1ccc(-n2ccnc2)nc1)N1CCN(Cc2csc(-c3ccc(F)cc3)n2)CC1. The lowest BCUT2D eigenvalue weighted by Gasteiger charge is -2.34. The summed E-state index contributed by atoms with van der Waals surface area (Å²) in [4.78, 5) is 30.1. The molecule has 0 N–H and O–H groups in total. The van der Waals surface area contributed by atoms with Crippen molar-refractivity contribution < 1.29 is 9.18 Å². The van der Waals surface area contributed by atoms with Gasteiger partial charge in [0.05, 0.1) is 11.3 Å². The van der Waals surface area contributed by atoms with E-state index in [0.717, 1.165) is 41.7 Å². The summed E-state index contributed by atoms with van der Waals surface area (Å²) in [5.74, 6) is 0.483. The lowest BCUT2D eigenvalue weighted by molar-refractivity contribution is 0.0627. The first-order valence-electron chi connectivity index (χ1n) is 10.3. The average Bonchev–Trinajstić information content (AvgIpc) is 3.53. The number of imidazole rings is 1. The van der Waals surface area contributed by atoms with E-state index in [-0.39, 0.29) is 11.7 Å². The monoisotopic (exact) mass is 448 g/mol. The Hall–Kier alpha value is -3.43. The number of aromatic nitrogens is 4. The van der Waals surface area contributed by atoms with Crippen LogP contribution >= 0.6 is 11.3 Å². The highest BCUT2D eigenvalue weighted by Crippen LogP contribution is 2.24. The van der Waals surface area contributed by atoms with E-state index in [1.165, 1.54) is 12.1 Å². The number of rotatable bonds is 5. The summed E-state index contributed by atoms with van der Waals surface area (Å²) in [6.45, 7) is 3.64. The first kappa shape index (κ1) is 20.5. The summed E-state index contributed by atoms with van der Waals surface area (Å²) in [7, 11) is 0. The lowest BCUT2D eigenvalue weighted by atomic mass is 10.2. The molecule has 162 valence electrons. The number of benzene rings is 1. The molecule has 5 rings (SSSR count). The Kier molecular flexibility index (Phi) is 5.74. The molecule has 0 unspecified atom stereocenters. The van der Waals surface area contributed by atoms with Crippen molar-refractivity contribution in [3.63, 3.8) is 0 Å². The normalized spacial score (nSPS) is 14.6. The van der Waals surface area contributed by atoms with Crippen LogP contribution < -0.4 is 0 Å². The van der Waals surface area contributed by atoms with Crippen LogP contribution in [0.4, 0.5) is 4.39 Å². The molecule has 32 heavy (non-hydrogen) atoms. The second-order valence-electron chi connectivity index (χ2n) is 7.59. The van der Waals surface area contributed by atoms with E-state index in [2.05, 4.69) is 14.9 Å². The fourth-order valence-electron chi connectivity index (χ4n) is 3.69. The van der Waals surface area contributed by atoms with Crippen molar-refractivity contribution in [1.29, 1.82) is 0 Å². The van der Waals surface area contributed by atoms with Crippen molar-refractivity contribution in [2.45, 2.75) is 6.54 Å². The number of nitrogens with zero attached hydrogens (tertiary/aromatic N) is 6. The molecule has 0 radical (unpaired) electrons. The highest BCUT2D eigenvalue weighted by molar-refractivity contribution is 7.13. The standard InChI is InChI=1S/C23H21FN6OS/c24-19-4-1-17(2-5-19)22-27-20(15-32-22)14-28-9-11-29(12-10-28)23(31)18-3-6-21(26-13-18)30-8-7-25-16-30/h1-8,13,15-16H,9-12,14H2. The number of halogens is 1. The first-order chi connectivity index (χ1) is 15.7. The Morgan fingerprint density at radius 2 is 1.88 bits per heavy atom. The van der Waals surface area contributed by atoms with Gasteiger partial charge in [-0.1, -0.05) is 0 Å². The van der Waals surface area contributed by atoms with Gasteiger partial charge >= 0.3 is 0 Å². The molecule has 1 aromatic carbocycles. The van der Waals surface area contributed by atoms with Crippen LogP contribution in [0.5, 0.6) is 0 Å². The summed E-state index contributed by atoms with van der Waals surface area (Å²) in [5, 5.41) is 2.93. The molecule has 0 atom stereocenters. The Bertz CT molecular complexity index is 1180. The molecule has 1 aliphatic rings. The maximum Gasteiger partial charge on any atom is 0.255 e. The third-order valence-corrected chi connectivity index (χ3v) is 6.39. The van der Waals surface area contributed by atoms with Crippen molar-refractivity contribution >= 4 is 17.2 Å². The van der Waals surface area contributed by atoms with Crippen LogP contribution in [-0.2, 0) is 6.54 Å². The van der Waals surface area contributed by atoms with Gasteiger partial charge in [0.25, 0.3) is 5.91 Å². The molecule has 4 heterocycles. The van der Waals surface area contributed by atoms with Crippen LogP contribution in [0.1, 0.15) is 16.1 Å². The molecule has 7 nitrogen and oxygen atoms in total. The van der Waals surface area contributed by atoms with Crippen molar-refractivity contribution in [3.8, 4) is 16.4 Å². The van der Waals surface area contributed by atoms with E-state index in [4.69, 9.17) is 4.98 Å². The molecule has 4 aromatic rings. The van der Waals surface area contributed by atoms with Crippen LogP contribution in [0, 0.1) is 5.82 Å². The van der Waals surface area contributed by atoms with Crippen LogP contribution in [0.15, 0.2) is 66.7 Å². The highest BCUT2D eigenvalue weighted by Gasteiger charge is 2.23. The Morgan fingerprint density at radius 1 is 1.06 bits per heavy atom. The van der Waals surface area contributed by atoms with Crippen LogP contribution in [0.3, 0.4) is 0 Å². The minimum absolute atomic E-state index is 0.00147. The van der Waals surface area contributed by atoms with Crippen molar-refractivity contribution in [2.75, 3.05) is 26.2 Å². The molecular formula is C23H21FN6OS. The van der Waals surface area contributed by atoms with Gasteiger partial charge in [-0.05, 0) is 36.4 Å². The van der Waals surface area contributed by atoms with E-state index in [1.807, 2.05) is 28.6 Å². The molecule has 1 amide bonds. The zero-order chi connectivity index (χ0) is 21.9. The molecule has 3 aromatic heterocycles. The Balaban J connectivity index is 1.16. The second-order valence-corrected chi connectivity index (χ2v) is 8.45. The van der Waals surface area contributed by atoms with Gasteiger partial charge in [0, 0.05) is 62.3 Å². The number of carbonyl (C=O) groups is 1. The maximum atomic E-state index is 13.1. The van der Waals surface area contributed by atoms with Crippen molar-refractivity contribution in [2.24, 2.45) is 0 Å². The molecular weight excluding hydrogens is 427 g/mol. The van der Waals surface area contributed by atoms with Crippen LogP contribution in [-0.4, -0.2) is 61.4 Å². The molecule has 1 fully saturated rings. The fraction of sp³-hybridized carbons (Fsp3) is 0.217. The molecule has 9 heteroatoms. The van der Waals surface area contributed by atoms with E-state index in [0.29, 0.717) is 18.7 Å². The van der Waals surface area contributed by atoms with Crippen LogP contribution in [0.2, 0.25) is 0 Å². The zero-order valence-corrected chi connectivity index (χ0v) is 18.1. The number of hydrogen-bond acceptors (Lipinski definition) is 6. The van der Waals surface area contributed by atoms with E-state index >= 15 is 0 Å². The fourth-order valence-corrected chi connectivity index (χ4v) is 4.50. The number of amides is 1. The predicted octanol–water partition coefficient (Wildman–Crippen LogP) is 3.49. The molecule has 0 saturated carbocycles. The van der Waals surface area contributed by atoms with Gasteiger partial charge in [0.15, 0.2) is 0 Å². The number of hydrogen-bond donors (Lipinski definition) is 0. The van der Waals surface area contributed by atoms with Gasteiger partial charge in [-0.3, -0.25) is 14.3 Å². The average molecular weight is 449 g/mol. The number of thiazole rings is 1. The largest absolute Gasteiger partial charge is 0.336 e. The third kappa shape index (κ3) is 4.44. The molecule has 0 bridgehead atoms. The number of piperazine rings is 1. The predicted molar refractivity (Wildman–Crippen MR) is 120 cm³/mol. The molecule has 0 spiro atoms. The van der Waals surface area contributed by atoms with E-state index < -0.39 is 0 Å². The van der Waals surface area contributed by atoms with Crippen LogP contribution in [0.25, 0.3) is 16.4 Å². The van der Waals surface area contributed by atoms with E-state index in [1.54, 1.807) is 46.8 Å². The first-order valence-corrected chi connectivity index (χ1v) is 11.2. The van der Waals surface area contributed by atoms with Gasteiger partial charge in [-0.25, -0.2) is 19.3 Å². The lowest BCUT2D eigenvalue weighted by Crippen LogP contribution is -2.48. The number of pyridine rings is 1. The second kappa shape index (κ2) is 8.97.